The summed E-state index contributed by atoms with van der Waals surface area (Å²) in [6.45, 7) is 18.8. The van der Waals surface area contributed by atoms with Gasteiger partial charge in [0.15, 0.2) is 0 Å². The van der Waals surface area contributed by atoms with Gasteiger partial charge in [-0.05, 0) is 156 Å². The Hall–Kier alpha value is -1.58. The average molecular weight is 605 g/mol. The van der Waals surface area contributed by atoms with Crippen molar-refractivity contribution in [2.24, 2.45) is 80.8 Å². The van der Waals surface area contributed by atoms with Gasteiger partial charge in [-0.15, -0.1) is 0 Å². The minimum atomic E-state index is -0.676. The lowest BCUT2D eigenvalue weighted by molar-refractivity contribution is -0.191. The molecule has 5 saturated carbocycles. The first kappa shape index (κ1) is 31.0. The molecule has 0 radical (unpaired) electrons. The van der Waals surface area contributed by atoms with E-state index in [1.807, 2.05) is 5.57 Å². The van der Waals surface area contributed by atoms with Crippen molar-refractivity contribution in [1.82, 2.24) is 0 Å². The van der Waals surface area contributed by atoms with Gasteiger partial charge in [-0.1, -0.05) is 62.8 Å². The van der Waals surface area contributed by atoms with E-state index in [1.54, 1.807) is 11.1 Å². The largest absolute Gasteiger partial charge is 0.481 e. The van der Waals surface area contributed by atoms with Gasteiger partial charge >= 0.3 is 11.9 Å². The van der Waals surface area contributed by atoms with Crippen LogP contribution in [-0.2, 0) is 9.59 Å². The van der Waals surface area contributed by atoms with Gasteiger partial charge in [0.05, 0.1) is 10.8 Å². The second kappa shape index (κ2) is 9.96. The lowest BCUT2D eigenvalue weighted by Crippen LogP contribution is -2.64. The maximum Gasteiger partial charge on any atom is 0.309 e. The van der Waals surface area contributed by atoms with Crippen LogP contribution in [0.3, 0.4) is 0 Å². The Morgan fingerprint density at radius 1 is 0.773 bits per heavy atom. The second-order valence-electron chi connectivity index (χ2n) is 18.6. The van der Waals surface area contributed by atoms with Crippen molar-refractivity contribution in [1.29, 1.82) is 0 Å². The summed E-state index contributed by atoms with van der Waals surface area (Å²) in [5.41, 5.74) is 5.58. The fraction of sp³-hybridized carbons (Fsp3) is 0.850. The molecule has 44 heavy (non-hydrogen) atoms. The van der Waals surface area contributed by atoms with Crippen LogP contribution in [-0.4, -0.2) is 22.2 Å². The van der Waals surface area contributed by atoms with Crippen LogP contribution in [0.25, 0.3) is 0 Å². The zero-order valence-electron chi connectivity index (χ0n) is 29.0. The molecule has 0 aliphatic heterocycles. The number of carboxylic acid groups (broad SMARTS) is 2. The fourth-order valence-corrected chi connectivity index (χ4v) is 14.6. The van der Waals surface area contributed by atoms with Gasteiger partial charge < -0.3 is 10.2 Å². The highest BCUT2D eigenvalue weighted by Crippen LogP contribution is 2.75. The first-order chi connectivity index (χ1) is 20.6. The molecule has 13 atom stereocenters. The normalized spacial score (nSPS) is 51.1. The molecular formula is C40H60O4. The van der Waals surface area contributed by atoms with E-state index in [0.717, 1.165) is 51.4 Å². The quantitative estimate of drug-likeness (QED) is 0.315. The van der Waals surface area contributed by atoms with E-state index in [9.17, 15) is 19.8 Å². The van der Waals surface area contributed by atoms with Crippen molar-refractivity contribution in [3.8, 4) is 0 Å². The third kappa shape index (κ3) is 3.81. The zero-order valence-corrected chi connectivity index (χ0v) is 29.0. The molecule has 0 bridgehead atoms. The van der Waals surface area contributed by atoms with E-state index >= 15 is 0 Å². The highest BCUT2D eigenvalue weighted by Gasteiger charge is 2.69. The Morgan fingerprint density at radius 3 is 1.93 bits per heavy atom. The van der Waals surface area contributed by atoms with Crippen LogP contribution >= 0.6 is 0 Å². The van der Waals surface area contributed by atoms with Crippen molar-refractivity contribution in [2.45, 2.75) is 132 Å². The summed E-state index contributed by atoms with van der Waals surface area (Å²) >= 11 is 0. The molecule has 7 rings (SSSR count). The molecule has 4 heteroatoms. The average Bonchev–Trinajstić information content (AvgIpc) is 2.95. The summed E-state index contributed by atoms with van der Waals surface area (Å²) in [7, 11) is 0. The molecule has 5 fully saturated rings. The van der Waals surface area contributed by atoms with Crippen LogP contribution in [0.4, 0.5) is 0 Å². The predicted octanol–water partition coefficient (Wildman–Crippen LogP) is 9.79. The third-order valence-electron chi connectivity index (χ3n) is 16.6. The summed E-state index contributed by atoms with van der Waals surface area (Å²) in [5.74, 6) is 3.39. The van der Waals surface area contributed by atoms with Crippen LogP contribution in [0.1, 0.15) is 132 Å². The van der Waals surface area contributed by atoms with Gasteiger partial charge in [0.25, 0.3) is 0 Å². The standard InChI is InChI=1S/C40H60O4/c1-21(2)23-11-13-27-31-25(19-29-37(27,5)15-9-17-39(29,7)35(41)42)26-20-30-38(6,16-10-18-40(30,8)36(43)44)28-14-12-24(22(3)4)34(32(26)28)33(23)31/h21,23,25-30,32,34H,9-20H2,1-8H3,(H,41,42)(H,43,44). The van der Waals surface area contributed by atoms with Crippen molar-refractivity contribution in [2.75, 3.05) is 0 Å². The van der Waals surface area contributed by atoms with Crippen LogP contribution in [0.5, 0.6) is 0 Å². The molecule has 13 unspecified atom stereocenters. The molecule has 7 aliphatic rings. The minimum Gasteiger partial charge on any atom is -0.481 e. The van der Waals surface area contributed by atoms with Crippen molar-refractivity contribution in [3.05, 3.63) is 22.3 Å². The van der Waals surface area contributed by atoms with Gasteiger partial charge in [-0.3, -0.25) is 9.59 Å². The second-order valence-corrected chi connectivity index (χ2v) is 18.6. The van der Waals surface area contributed by atoms with E-state index in [-0.39, 0.29) is 22.7 Å². The number of carboxylic acids is 2. The van der Waals surface area contributed by atoms with Gasteiger partial charge in [0, 0.05) is 5.92 Å². The topological polar surface area (TPSA) is 74.6 Å². The van der Waals surface area contributed by atoms with Crippen LogP contribution in [0.2, 0.25) is 0 Å². The molecule has 0 heterocycles. The molecule has 0 aromatic rings. The van der Waals surface area contributed by atoms with E-state index in [2.05, 4.69) is 55.4 Å². The SMILES string of the molecule is CC(C)=C1CCC2C3C1C1=C4C(CC5C(C)(C(=O)O)CCCC5(C)C4CCC1C(C)C)C3CC1C(C)(C(=O)O)CCCC21C. The number of rotatable bonds is 3. The molecule has 0 saturated heterocycles. The predicted molar refractivity (Wildman–Crippen MR) is 175 cm³/mol. The number of hydrogen-bond donors (Lipinski definition) is 2. The van der Waals surface area contributed by atoms with E-state index < -0.39 is 22.8 Å². The molecular weight excluding hydrogens is 544 g/mol. The lowest BCUT2D eigenvalue weighted by Gasteiger charge is -2.70. The smallest absolute Gasteiger partial charge is 0.309 e. The zero-order chi connectivity index (χ0) is 31.7. The summed E-state index contributed by atoms with van der Waals surface area (Å²) < 4.78 is 0. The van der Waals surface area contributed by atoms with E-state index in [1.165, 1.54) is 31.3 Å². The summed E-state index contributed by atoms with van der Waals surface area (Å²) in [5, 5.41) is 21.6. The van der Waals surface area contributed by atoms with Gasteiger partial charge in [0.1, 0.15) is 0 Å². The minimum absolute atomic E-state index is 0.0278. The van der Waals surface area contributed by atoms with Crippen LogP contribution in [0, 0.1) is 80.8 Å². The number of carbonyl (C=O) groups is 2. The lowest BCUT2D eigenvalue weighted by atomic mass is 9.33. The molecule has 244 valence electrons. The Balaban J connectivity index is 1.49. The first-order valence-corrected chi connectivity index (χ1v) is 18.5. The monoisotopic (exact) mass is 604 g/mol. The molecule has 7 aliphatic carbocycles. The summed E-state index contributed by atoms with van der Waals surface area (Å²) in [4.78, 5) is 26.2. The van der Waals surface area contributed by atoms with E-state index in [0.29, 0.717) is 47.3 Å². The first-order valence-electron chi connectivity index (χ1n) is 18.5. The Kier molecular flexibility index (Phi) is 7.03. The van der Waals surface area contributed by atoms with Gasteiger partial charge in [0.2, 0.25) is 0 Å². The van der Waals surface area contributed by atoms with Gasteiger partial charge in [-0.2, -0.15) is 0 Å². The van der Waals surface area contributed by atoms with Crippen molar-refractivity contribution in [3.63, 3.8) is 0 Å². The molecule has 2 N–H and O–H groups in total. The number of allylic oxidation sites excluding steroid dienone is 4. The van der Waals surface area contributed by atoms with Gasteiger partial charge in [-0.25, -0.2) is 0 Å². The molecule has 0 spiro atoms. The fourth-order valence-electron chi connectivity index (χ4n) is 14.6. The summed E-state index contributed by atoms with van der Waals surface area (Å²) in [6, 6.07) is 0. The molecule has 0 amide bonds. The number of aliphatic carboxylic acids is 2. The highest BCUT2D eigenvalue weighted by molar-refractivity contribution is 5.75. The Labute approximate surface area is 266 Å². The maximum atomic E-state index is 13.1. The molecule has 0 aromatic heterocycles. The van der Waals surface area contributed by atoms with Crippen LogP contribution in [0.15, 0.2) is 22.3 Å². The van der Waals surface area contributed by atoms with Crippen molar-refractivity contribution >= 4 is 11.9 Å². The number of fused-ring (bicyclic) bond motifs is 6. The number of hydrogen-bond acceptors (Lipinski definition) is 2. The summed E-state index contributed by atoms with van der Waals surface area (Å²) in [6.07, 6.45) is 12.8. The highest BCUT2D eigenvalue weighted by atomic mass is 16.4. The third-order valence-corrected chi connectivity index (χ3v) is 16.6. The molecule has 0 aromatic carbocycles. The Bertz CT molecular complexity index is 1320. The van der Waals surface area contributed by atoms with Crippen LogP contribution < -0.4 is 0 Å². The Morgan fingerprint density at radius 2 is 1.36 bits per heavy atom. The van der Waals surface area contributed by atoms with E-state index in [4.69, 9.17) is 0 Å². The van der Waals surface area contributed by atoms with Crippen molar-refractivity contribution < 1.29 is 19.8 Å². The maximum absolute atomic E-state index is 13.1. The molecule has 4 nitrogen and oxygen atoms in total.